The Morgan fingerprint density at radius 3 is 1.43 bits per heavy atom. The van der Waals surface area contributed by atoms with Crippen LogP contribution in [-0.2, 0) is 4.79 Å². The van der Waals surface area contributed by atoms with Gasteiger partial charge in [0.15, 0.2) is 0 Å². The third-order valence-corrected chi connectivity index (χ3v) is 3.87. The molecule has 0 saturated carbocycles. The molecule has 0 amide bonds. The lowest BCUT2D eigenvalue weighted by Crippen LogP contribution is -1.92. The number of carboxylic acid groups (broad SMARTS) is 1. The highest BCUT2D eigenvalue weighted by molar-refractivity contribution is 5.66. The predicted octanol–water partition coefficient (Wildman–Crippen LogP) is 5.64. The minimum absolute atomic E-state index is 0.279. The Labute approximate surface area is 142 Å². The van der Waals surface area contributed by atoms with Crippen LogP contribution in [0.15, 0.2) is 24.3 Å². The van der Waals surface area contributed by atoms with Crippen molar-refractivity contribution in [3.8, 4) is 0 Å². The van der Waals surface area contributed by atoms with Crippen LogP contribution in [0.4, 0.5) is 0 Å². The van der Waals surface area contributed by atoms with Crippen LogP contribution in [0.25, 0.3) is 0 Å². The summed E-state index contributed by atoms with van der Waals surface area (Å²) in [6.07, 6.45) is 24.0. The number of carboxylic acids is 1. The molecule has 0 aliphatic heterocycles. The monoisotopic (exact) mass is 324 g/mol. The van der Waals surface area contributed by atoms with Crippen molar-refractivity contribution < 1.29 is 15.0 Å². The molecule has 0 rings (SSSR count). The van der Waals surface area contributed by atoms with Gasteiger partial charge in [0.1, 0.15) is 0 Å². The van der Waals surface area contributed by atoms with Crippen LogP contribution in [0.3, 0.4) is 0 Å². The van der Waals surface area contributed by atoms with Crippen LogP contribution < -0.4 is 0 Å². The molecule has 134 valence electrons. The summed E-state index contributed by atoms with van der Waals surface area (Å²) in [4.78, 5) is 10.3. The second-order valence-corrected chi connectivity index (χ2v) is 6.15. The van der Waals surface area contributed by atoms with Crippen molar-refractivity contribution in [2.24, 2.45) is 0 Å². The highest BCUT2D eigenvalue weighted by Gasteiger charge is 1.93. The number of rotatable bonds is 17. The van der Waals surface area contributed by atoms with Crippen molar-refractivity contribution in [2.75, 3.05) is 6.61 Å². The van der Waals surface area contributed by atoms with Crippen molar-refractivity contribution in [3.05, 3.63) is 24.3 Å². The van der Waals surface area contributed by atoms with Gasteiger partial charge in [0.2, 0.25) is 0 Å². The van der Waals surface area contributed by atoms with E-state index in [9.17, 15) is 4.79 Å². The number of carbonyl (C=O) groups is 1. The van der Waals surface area contributed by atoms with Crippen molar-refractivity contribution in [2.45, 2.75) is 89.9 Å². The van der Waals surface area contributed by atoms with Gasteiger partial charge in [0.25, 0.3) is 0 Å². The molecule has 0 unspecified atom stereocenters. The van der Waals surface area contributed by atoms with Gasteiger partial charge in [-0.1, -0.05) is 50.0 Å². The van der Waals surface area contributed by atoms with E-state index in [2.05, 4.69) is 24.3 Å². The smallest absolute Gasteiger partial charge is 0.303 e. The van der Waals surface area contributed by atoms with E-state index in [0.29, 0.717) is 6.61 Å². The van der Waals surface area contributed by atoms with E-state index in [1.54, 1.807) is 0 Å². The number of aliphatic hydroxyl groups excluding tert-OH is 1. The number of hydrogen-bond donors (Lipinski definition) is 2. The first-order valence-corrected chi connectivity index (χ1v) is 9.40. The summed E-state index contributed by atoms with van der Waals surface area (Å²) in [5.41, 5.74) is 0. The van der Waals surface area contributed by atoms with Gasteiger partial charge in [0, 0.05) is 13.0 Å². The number of unbranched alkanes of at least 4 members (excludes halogenated alkanes) is 10. The molecule has 0 radical (unpaired) electrons. The van der Waals surface area contributed by atoms with Crippen LogP contribution in [0.5, 0.6) is 0 Å². The Morgan fingerprint density at radius 1 is 0.609 bits per heavy atom. The molecule has 0 aromatic rings. The zero-order chi connectivity index (χ0) is 17.0. The Bertz CT molecular complexity index is 308. The first kappa shape index (κ1) is 21.9. The average Bonchev–Trinajstić information content (AvgIpc) is 2.53. The molecule has 3 heteroatoms. The maximum Gasteiger partial charge on any atom is 0.303 e. The number of aliphatic hydroxyl groups is 1. The fraction of sp³-hybridized carbons (Fsp3) is 0.750. The topological polar surface area (TPSA) is 57.5 Å². The molecule has 0 bridgehead atoms. The standard InChI is InChI=1S/C20H36O3/c21-19-17-15-13-11-9-7-5-3-1-2-4-6-8-10-12-14-16-18-20(22)23/h7,9-10,12,21H,1-6,8,11,13-19H2,(H,22,23)/b9-7+,12-10+. The Morgan fingerprint density at radius 2 is 1.00 bits per heavy atom. The highest BCUT2D eigenvalue weighted by Crippen LogP contribution is 2.09. The molecule has 0 atom stereocenters. The van der Waals surface area contributed by atoms with E-state index in [1.807, 2.05) is 0 Å². The van der Waals surface area contributed by atoms with Gasteiger partial charge >= 0.3 is 5.97 Å². The lowest BCUT2D eigenvalue weighted by molar-refractivity contribution is -0.137. The minimum atomic E-state index is -0.699. The Kier molecular flexibility index (Phi) is 18.1. The second-order valence-electron chi connectivity index (χ2n) is 6.15. The first-order valence-electron chi connectivity index (χ1n) is 9.40. The SMILES string of the molecule is O=C(O)CCC/C=C/CCCCCCC/C=C/CCCCCO. The molecule has 3 nitrogen and oxygen atoms in total. The number of hydrogen-bond acceptors (Lipinski definition) is 2. The van der Waals surface area contributed by atoms with Crippen LogP contribution >= 0.6 is 0 Å². The van der Waals surface area contributed by atoms with Crippen LogP contribution in [0.1, 0.15) is 89.9 Å². The Balaban J connectivity index is 3.14. The second kappa shape index (κ2) is 19.0. The van der Waals surface area contributed by atoms with Gasteiger partial charge in [-0.3, -0.25) is 4.79 Å². The fourth-order valence-electron chi connectivity index (χ4n) is 2.45. The summed E-state index contributed by atoms with van der Waals surface area (Å²) >= 11 is 0. The van der Waals surface area contributed by atoms with Gasteiger partial charge in [0.05, 0.1) is 0 Å². The third-order valence-electron chi connectivity index (χ3n) is 3.87. The molecular formula is C20H36O3. The summed E-state index contributed by atoms with van der Waals surface area (Å²) in [6.45, 7) is 0.324. The summed E-state index contributed by atoms with van der Waals surface area (Å²) in [7, 11) is 0. The maximum absolute atomic E-state index is 10.3. The van der Waals surface area contributed by atoms with Crippen LogP contribution in [0.2, 0.25) is 0 Å². The number of allylic oxidation sites excluding steroid dienone is 4. The zero-order valence-electron chi connectivity index (χ0n) is 14.7. The zero-order valence-corrected chi connectivity index (χ0v) is 14.7. The summed E-state index contributed by atoms with van der Waals surface area (Å²) < 4.78 is 0. The van der Waals surface area contributed by atoms with Crippen molar-refractivity contribution in [3.63, 3.8) is 0 Å². The van der Waals surface area contributed by atoms with E-state index in [0.717, 1.165) is 38.5 Å². The quantitative estimate of drug-likeness (QED) is 0.269. The average molecular weight is 325 g/mol. The van der Waals surface area contributed by atoms with E-state index in [4.69, 9.17) is 10.2 Å². The van der Waals surface area contributed by atoms with E-state index in [-0.39, 0.29) is 6.42 Å². The van der Waals surface area contributed by atoms with Gasteiger partial charge in [-0.25, -0.2) is 0 Å². The fourth-order valence-corrected chi connectivity index (χ4v) is 2.45. The molecule has 0 spiro atoms. The molecule has 0 fully saturated rings. The first-order chi connectivity index (χ1) is 11.3. The van der Waals surface area contributed by atoms with Gasteiger partial charge in [-0.05, 0) is 57.8 Å². The summed E-state index contributed by atoms with van der Waals surface area (Å²) in [5, 5.41) is 17.2. The minimum Gasteiger partial charge on any atom is -0.481 e. The molecule has 0 saturated heterocycles. The molecule has 23 heavy (non-hydrogen) atoms. The Hall–Kier alpha value is -1.09. The van der Waals surface area contributed by atoms with Crippen LogP contribution in [-0.4, -0.2) is 22.8 Å². The molecule has 0 heterocycles. The van der Waals surface area contributed by atoms with Crippen molar-refractivity contribution >= 4 is 5.97 Å². The molecule has 0 aliphatic rings. The largest absolute Gasteiger partial charge is 0.481 e. The normalized spacial score (nSPS) is 11.7. The van der Waals surface area contributed by atoms with Crippen molar-refractivity contribution in [1.82, 2.24) is 0 Å². The van der Waals surface area contributed by atoms with Crippen LogP contribution in [0, 0.1) is 0 Å². The molecular weight excluding hydrogens is 288 g/mol. The predicted molar refractivity (Wildman–Crippen MR) is 97.6 cm³/mol. The third kappa shape index (κ3) is 20.9. The van der Waals surface area contributed by atoms with Gasteiger partial charge < -0.3 is 10.2 Å². The maximum atomic E-state index is 10.3. The van der Waals surface area contributed by atoms with E-state index >= 15 is 0 Å². The molecule has 0 aromatic heterocycles. The number of aliphatic carboxylic acids is 1. The van der Waals surface area contributed by atoms with Gasteiger partial charge in [-0.2, -0.15) is 0 Å². The van der Waals surface area contributed by atoms with E-state index in [1.165, 1.54) is 44.9 Å². The summed E-state index contributed by atoms with van der Waals surface area (Å²) in [6, 6.07) is 0. The summed E-state index contributed by atoms with van der Waals surface area (Å²) in [5.74, 6) is -0.699. The lowest BCUT2D eigenvalue weighted by atomic mass is 10.1. The van der Waals surface area contributed by atoms with Crippen molar-refractivity contribution in [1.29, 1.82) is 0 Å². The molecule has 0 aromatic carbocycles. The molecule has 2 N–H and O–H groups in total. The van der Waals surface area contributed by atoms with Gasteiger partial charge in [-0.15, -0.1) is 0 Å². The highest BCUT2D eigenvalue weighted by atomic mass is 16.4. The van der Waals surface area contributed by atoms with E-state index < -0.39 is 5.97 Å². The lowest BCUT2D eigenvalue weighted by Gasteiger charge is -1.98. The molecule has 0 aliphatic carbocycles.